The molecule has 1 aromatic rings. The van der Waals surface area contributed by atoms with Crippen molar-refractivity contribution >= 4 is 11.9 Å². The zero-order chi connectivity index (χ0) is 16.5. The smallest absolute Gasteiger partial charge is 0.325 e. The summed E-state index contributed by atoms with van der Waals surface area (Å²) in [5, 5.41) is 12.7. The van der Waals surface area contributed by atoms with Crippen molar-refractivity contribution in [1.82, 2.24) is 10.2 Å². The van der Waals surface area contributed by atoms with Gasteiger partial charge in [0.05, 0.1) is 12.6 Å². The first-order valence-electron chi connectivity index (χ1n) is 7.11. The Morgan fingerprint density at radius 2 is 1.91 bits per heavy atom. The van der Waals surface area contributed by atoms with E-state index in [1.807, 2.05) is 0 Å². The second-order valence-electron chi connectivity index (χ2n) is 5.32. The molecule has 2 rings (SSSR count). The van der Waals surface area contributed by atoms with Gasteiger partial charge in [-0.3, -0.25) is 9.69 Å². The number of hydrogen-bond acceptors (Lipinski definition) is 3. The maximum Gasteiger partial charge on any atom is 0.325 e. The number of aliphatic hydroxyl groups is 1. The Bertz CT molecular complexity index is 602. The summed E-state index contributed by atoms with van der Waals surface area (Å²) < 4.78 is 26.5. The summed E-state index contributed by atoms with van der Waals surface area (Å²) in [7, 11) is 0. The number of rotatable bonds is 5. The van der Waals surface area contributed by atoms with E-state index < -0.39 is 35.2 Å². The predicted octanol–water partition coefficient (Wildman–Crippen LogP) is 2.11. The minimum Gasteiger partial charge on any atom is -0.386 e. The van der Waals surface area contributed by atoms with Gasteiger partial charge in [0.25, 0.3) is 5.91 Å². The van der Waals surface area contributed by atoms with Crippen LogP contribution in [0, 0.1) is 11.6 Å². The van der Waals surface area contributed by atoms with Gasteiger partial charge in [-0.15, -0.1) is 0 Å². The molecule has 0 aromatic heterocycles. The molecule has 0 unspecified atom stereocenters. The van der Waals surface area contributed by atoms with E-state index in [0.717, 1.165) is 17.0 Å². The maximum atomic E-state index is 13.6. The number of imide groups is 1. The van der Waals surface area contributed by atoms with Crippen LogP contribution in [0.2, 0.25) is 0 Å². The Kier molecular flexibility index (Phi) is 4.46. The molecule has 22 heavy (non-hydrogen) atoms. The van der Waals surface area contributed by atoms with Gasteiger partial charge in [0.1, 0.15) is 17.2 Å². The van der Waals surface area contributed by atoms with Crippen LogP contribution in [0.1, 0.15) is 38.4 Å². The molecule has 0 bridgehead atoms. The highest BCUT2D eigenvalue weighted by Gasteiger charge is 2.49. The monoisotopic (exact) mass is 312 g/mol. The van der Waals surface area contributed by atoms with Crippen molar-refractivity contribution in [1.29, 1.82) is 0 Å². The van der Waals surface area contributed by atoms with Gasteiger partial charge < -0.3 is 10.4 Å². The lowest BCUT2D eigenvalue weighted by Crippen LogP contribution is -2.46. The molecule has 1 aliphatic rings. The Hall–Kier alpha value is -2.02. The normalized spacial score (nSPS) is 18.5. The lowest BCUT2D eigenvalue weighted by atomic mass is 9.93. The Labute approximate surface area is 126 Å². The van der Waals surface area contributed by atoms with E-state index in [-0.39, 0.29) is 12.1 Å². The van der Waals surface area contributed by atoms with Crippen LogP contribution in [0.4, 0.5) is 13.6 Å². The SMILES string of the molecule is CCC1(CC)NC(=O)N(C[C@H](O)c2ccc(F)cc2F)C1=O. The van der Waals surface area contributed by atoms with E-state index in [0.29, 0.717) is 18.9 Å². The number of halogens is 2. The number of hydrogen-bond donors (Lipinski definition) is 2. The number of aliphatic hydroxyl groups excluding tert-OH is 1. The first-order chi connectivity index (χ1) is 10.3. The van der Waals surface area contributed by atoms with Crippen molar-refractivity contribution in [2.75, 3.05) is 6.54 Å². The van der Waals surface area contributed by atoms with E-state index >= 15 is 0 Å². The summed E-state index contributed by atoms with van der Waals surface area (Å²) >= 11 is 0. The second kappa shape index (κ2) is 6.00. The lowest BCUT2D eigenvalue weighted by molar-refractivity contribution is -0.132. The molecule has 3 amide bonds. The van der Waals surface area contributed by atoms with Gasteiger partial charge in [0.15, 0.2) is 0 Å². The summed E-state index contributed by atoms with van der Waals surface area (Å²) in [6.07, 6.45) is -0.572. The highest BCUT2D eigenvalue weighted by molar-refractivity contribution is 6.07. The van der Waals surface area contributed by atoms with Gasteiger partial charge in [0.2, 0.25) is 0 Å². The molecule has 1 saturated heterocycles. The van der Waals surface area contributed by atoms with Crippen molar-refractivity contribution in [3.8, 4) is 0 Å². The van der Waals surface area contributed by atoms with Crippen LogP contribution >= 0.6 is 0 Å². The average molecular weight is 312 g/mol. The molecule has 1 aromatic carbocycles. The van der Waals surface area contributed by atoms with Gasteiger partial charge >= 0.3 is 6.03 Å². The van der Waals surface area contributed by atoms with Crippen LogP contribution in [0.3, 0.4) is 0 Å². The summed E-state index contributed by atoms with van der Waals surface area (Å²) in [5.41, 5.74) is -1.13. The maximum absolute atomic E-state index is 13.6. The van der Waals surface area contributed by atoms with Crippen molar-refractivity contribution < 1.29 is 23.5 Å². The minimum atomic E-state index is -1.42. The summed E-state index contributed by atoms with van der Waals surface area (Å²) in [4.78, 5) is 25.2. The number of amides is 3. The number of benzene rings is 1. The standard InChI is InChI=1S/C15H18F2N2O3/c1-3-15(4-2)13(21)19(14(22)18-15)8-12(20)10-6-5-9(16)7-11(10)17/h5-7,12,20H,3-4,8H2,1-2H3,(H,18,22)/t12-/m0/s1. The average Bonchev–Trinajstić information content (AvgIpc) is 2.71. The van der Waals surface area contributed by atoms with Gasteiger partial charge in [-0.1, -0.05) is 19.9 Å². The second-order valence-corrected chi connectivity index (χ2v) is 5.32. The van der Waals surface area contributed by atoms with Crippen LogP contribution < -0.4 is 5.32 Å². The highest BCUT2D eigenvalue weighted by atomic mass is 19.1. The third-order valence-electron chi connectivity index (χ3n) is 4.13. The topological polar surface area (TPSA) is 69.6 Å². The number of nitrogens with one attached hydrogen (secondary N) is 1. The van der Waals surface area contributed by atoms with E-state index in [1.54, 1.807) is 13.8 Å². The fourth-order valence-corrected chi connectivity index (χ4v) is 2.61. The molecular formula is C15H18F2N2O3. The Morgan fingerprint density at radius 1 is 1.27 bits per heavy atom. The van der Waals surface area contributed by atoms with Crippen molar-refractivity contribution in [2.45, 2.75) is 38.3 Å². The third kappa shape index (κ3) is 2.68. The molecule has 0 spiro atoms. The molecule has 120 valence electrons. The fourth-order valence-electron chi connectivity index (χ4n) is 2.61. The van der Waals surface area contributed by atoms with E-state index in [1.165, 1.54) is 0 Å². The van der Waals surface area contributed by atoms with Crippen LogP contribution in [-0.4, -0.2) is 34.0 Å². The molecule has 1 aliphatic heterocycles. The molecule has 0 saturated carbocycles. The first-order valence-corrected chi connectivity index (χ1v) is 7.11. The van der Waals surface area contributed by atoms with Crippen molar-refractivity contribution in [3.63, 3.8) is 0 Å². The largest absolute Gasteiger partial charge is 0.386 e. The zero-order valence-electron chi connectivity index (χ0n) is 12.4. The quantitative estimate of drug-likeness (QED) is 0.818. The van der Waals surface area contributed by atoms with E-state index in [2.05, 4.69) is 5.32 Å². The summed E-state index contributed by atoms with van der Waals surface area (Å²) in [6, 6.07) is 2.14. The zero-order valence-corrected chi connectivity index (χ0v) is 12.4. The number of carbonyl (C=O) groups is 2. The highest BCUT2D eigenvalue weighted by Crippen LogP contribution is 2.27. The molecular weight excluding hydrogens is 294 g/mol. The molecule has 0 radical (unpaired) electrons. The summed E-state index contributed by atoms with van der Waals surface area (Å²) in [5.74, 6) is -2.12. The van der Waals surface area contributed by atoms with Crippen molar-refractivity contribution in [3.05, 3.63) is 35.4 Å². The van der Waals surface area contributed by atoms with Crippen molar-refractivity contribution in [2.24, 2.45) is 0 Å². The number of urea groups is 1. The van der Waals surface area contributed by atoms with Crippen LogP contribution in [0.25, 0.3) is 0 Å². The van der Waals surface area contributed by atoms with Gasteiger partial charge in [0, 0.05) is 11.6 Å². The molecule has 1 fully saturated rings. The Morgan fingerprint density at radius 3 is 2.41 bits per heavy atom. The fraction of sp³-hybridized carbons (Fsp3) is 0.467. The van der Waals surface area contributed by atoms with Crippen LogP contribution in [0.5, 0.6) is 0 Å². The Balaban J connectivity index is 2.20. The van der Waals surface area contributed by atoms with Gasteiger partial charge in [-0.05, 0) is 18.9 Å². The summed E-state index contributed by atoms with van der Waals surface area (Å²) in [6.45, 7) is 3.18. The molecule has 1 heterocycles. The minimum absolute atomic E-state index is 0.160. The third-order valence-corrected chi connectivity index (χ3v) is 4.13. The van der Waals surface area contributed by atoms with Gasteiger partial charge in [-0.25, -0.2) is 13.6 Å². The molecule has 5 nitrogen and oxygen atoms in total. The van der Waals surface area contributed by atoms with Crippen LogP contribution in [0.15, 0.2) is 18.2 Å². The molecule has 1 atom stereocenters. The van der Waals surface area contributed by atoms with E-state index in [4.69, 9.17) is 0 Å². The first kappa shape index (κ1) is 16.4. The predicted molar refractivity (Wildman–Crippen MR) is 74.9 cm³/mol. The lowest BCUT2D eigenvalue weighted by Gasteiger charge is -2.24. The molecule has 2 N–H and O–H groups in total. The van der Waals surface area contributed by atoms with E-state index in [9.17, 15) is 23.5 Å². The number of carbonyl (C=O) groups excluding carboxylic acids is 2. The van der Waals surface area contributed by atoms with Gasteiger partial charge in [-0.2, -0.15) is 0 Å². The van der Waals surface area contributed by atoms with Crippen LogP contribution in [-0.2, 0) is 4.79 Å². The molecule has 7 heteroatoms. The number of β-amino-alcohol motifs (C(OH)–C–C–N with tert-alkyl or cyclic N) is 1. The number of nitrogens with zero attached hydrogens (tertiary/aromatic N) is 1. The molecule has 0 aliphatic carbocycles.